The van der Waals surface area contributed by atoms with Gasteiger partial charge in [-0.05, 0) is 42.0 Å². The third kappa shape index (κ3) is 7.42. The van der Waals surface area contributed by atoms with Crippen molar-refractivity contribution in [2.45, 2.75) is 18.2 Å². The normalized spacial score (nSPS) is 15.0. The van der Waals surface area contributed by atoms with Gasteiger partial charge in [-0.25, -0.2) is 0 Å². The zero-order valence-electron chi connectivity index (χ0n) is 19.1. The second-order valence-electron chi connectivity index (χ2n) is 7.61. The van der Waals surface area contributed by atoms with Gasteiger partial charge in [-0.1, -0.05) is 35.5 Å². The van der Waals surface area contributed by atoms with Gasteiger partial charge in [0.15, 0.2) is 0 Å². The monoisotopic (exact) mass is 504 g/mol. The van der Waals surface area contributed by atoms with E-state index in [2.05, 4.69) is 22.4 Å². The molecular formula is C24H29ClN4O2S2. The second-order valence-corrected chi connectivity index (χ2v) is 10.3. The first kappa shape index (κ1) is 25.5. The SMILES string of the molecule is CCN(CCNC(=O)CCSc1ccc2cc(Cl)ccc2c1)C(=O)C1=CN(C)CC(=NC)S1. The molecule has 2 aromatic carbocycles. The average molecular weight is 505 g/mol. The minimum absolute atomic E-state index is 0.00929. The summed E-state index contributed by atoms with van der Waals surface area (Å²) >= 11 is 9.11. The molecule has 0 aliphatic carbocycles. The molecule has 2 aromatic rings. The highest BCUT2D eigenvalue weighted by atomic mass is 35.5. The first-order valence-corrected chi connectivity index (χ1v) is 13.0. The summed E-state index contributed by atoms with van der Waals surface area (Å²) in [6.07, 6.45) is 2.28. The Morgan fingerprint density at radius 3 is 2.76 bits per heavy atom. The van der Waals surface area contributed by atoms with Crippen LogP contribution < -0.4 is 5.32 Å². The van der Waals surface area contributed by atoms with Gasteiger partial charge in [-0.3, -0.25) is 14.6 Å². The first-order chi connectivity index (χ1) is 15.9. The molecule has 0 radical (unpaired) electrons. The summed E-state index contributed by atoms with van der Waals surface area (Å²) in [5, 5.41) is 6.81. The van der Waals surface area contributed by atoms with Crippen molar-refractivity contribution >= 4 is 62.8 Å². The fourth-order valence-corrected chi connectivity index (χ4v) is 5.52. The van der Waals surface area contributed by atoms with Crippen LogP contribution in [0.3, 0.4) is 0 Å². The van der Waals surface area contributed by atoms with E-state index < -0.39 is 0 Å². The van der Waals surface area contributed by atoms with Gasteiger partial charge in [-0.15, -0.1) is 11.8 Å². The standard InChI is InChI=1S/C24H29ClN4O2S2/c1-4-29(24(31)21-15-28(3)16-23(26-2)33-21)11-10-27-22(30)9-12-32-20-8-6-17-13-19(25)7-5-18(17)14-20/h5-8,13-15H,4,9-12,16H2,1-3H3,(H,27,30). The summed E-state index contributed by atoms with van der Waals surface area (Å²) < 4.78 is 0. The maximum Gasteiger partial charge on any atom is 0.262 e. The molecule has 1 aliphatic heterocycles. The molecular weight excluding hydrogens is 476 g/mol. The molecule has 2 amide bonds. The number of hydrogen-bond donors (Lipinski definition) is 1. The number of benzene rings is 2. The predicted molar refractivity (Wildman–Crippen MR) is 141 cm³/mol. The van der Waals surface area contributed by atoms with Gasteiger partial charge in [0.1, 0.15) is 0 Å². The van der Waals surface area contributed by atoms with E-state index in [4.69, 9.17) is 11.6 Å². The molecule has 0 unspecified atom stereocenters. The van der Waals surface area contributed by atoms with Gasteiger partial charge in [0.05, 0.1) is 16.5 Å². The number of nitrogens with zero attached hydrogens (tertiary/aromatic N) is 3. The van der Waals surface area contributed by atoms with E-state index in [1.807, 2.05) is 49.3 Å². The summed E-state index contributed by atoms with van der Waals surface area (Å²) in [4.78, 5) is 34.9. The lowest BCUT2D eigenvalue weighted by Crippen LogP contribution is -2.40. The average Bonchev–Trinajstić information content (AvgIpc) is 2.81. The second kappa shape index (κ2) is 12.3. The van der Waals surface area contributed by atoms with Crippen LogP contribution in [-0.2, 0) is 9.59 Å². The van der Waals surface area contributed by atoms with Crippen molar-refractivity contribution in [1.82, 2.24) is 15.1 Å². The number of fused-ring (bicyclic) bond motifs is 1. The van der Waals surface area contributed by atoms with Crippen LogP contribution in [0.1, 0.15) is 13.3 Å². The molecule has 0 aromatic heterocycles. The minimum Gasteiger partial charge on any atom is -0.373 e. The molecule has 1 heterocycles. The summed E-state index contributed by atoms with van der Waals surface area (Å²) in [6, 6.07) is 12.0. The molecule has 0 bridgehead atoms. The summed E-state index contributed by atoms with van der Waals surface area (Å²) in [5.41, 5.74) is 0. The van der Waals surface area contributed by atoms with Gasteiger partial charge in [-0.2, -0.15) is 0 Å². The molecule has 3 rings (SSSR count). The van der Waals surface area contributed by atoms with Crippen molar-refractivity contribution < 1.29 is 9.59 Å². The molecule has 0 spiro atoms. The van der Waals surface area contributed by atoms with Crippen LogP contribution in [0.15, 0.2) is 57.4 Å². The van der Waals surface area contributed by atoms with E-state index in [1.165, 1.54) is 11.8 Å². The quantitative estimate of drug-likeness (QED) is 0.510. The van der Waals surface area contributed by atoms with Gasteiger partial charge in [0.25, 0.3) is 5.91 Å². The van der Waals surface area contributed by atoms with Crippen molar-refractivity contribution in [3.63, 3.8) is 0 Å². The van der Waals surface area contributed by atoms with E-state index in [0.717, 1.165) is 25.7 Å². The van der Waals surface area contributed by atoms with E-state index >= 15 is 0 Å². The maximum atomic E-state index is 12.9. The van der Waals surface area contributed by atoms with Crippen LogP contribution in [0.25, 0.3) is 10.8 Å². The Balaban J connectivity index is 1.42. The number of likely N-dealkylation sites (N-methyl/N-ethyl adjacent to an activating group) is 1. The molecule has 0 fully saturated rings. The largest absolute Gasteiger partial charge is 0.373 e. The lowest BCUT2D eigenvalue weighted by Gasteiger charge is -2.27. The molecule has 1 aliphatic rings. The van der Waals surface area contributed by atoms with Crippen LogP contribution in [-0.4, -0.2) is 72.7 Å². The van der Waals surface area contributed by atoms with E-state index in [1.54, 1.807) is 23.7 Å². The molecule has 0 atom stereocenters. The third-order valence-corrected chi connectivity index (χ3v) is 7.43. The summed E-state index contributed by atoms with van der Waals surface area (Å²) in [7, 11) is 3.67. The smallest absolute Gasteiger partial charge is 0.262 e. The van der Waals surface area contributed by atoms with Crippen LogP contribution in [0.4, 0.5) is 0 Å². The number of thioether (sulfide) groups is 2. The minimum atomic E-state index is -0.0300. The Morgan fingerprint density at radius 2 is 2.00 bits per heavy atom. The van der Waals surface area contributed by atoms with Crippen LogP contribution in [0.2, 0.25) is 5.02 Å². The number of carbonyl (C=O) groups is 2. The lowest BCUT2D eigenvalue weighted by molar-refractivity contribution is -0.127. The van der Waals surface area contributed by atoms with Crippen molar-refractivity contribution in [3.8, 4) is 0 Å². The number of amides is 2. The fraction of sp³-hybridized carbons (Fsp3) is 0.375. The summed E-state index contributed by atoms with van der Waals surface area (Å²) in [6.45, 7) is 4.15. The molecule has 176 valence electrons. The Hall–Kier alpha value is -2.16. The number of rotatable bonds is 9. The lowest BCUT2D eigenvalue weighted by atomic mass is 10.1. The van der Waals surface area contributed by atoms with Crippen molar-refractivity contribution in [3.05, 3.63) is 52.5 Å². The van der Waals surface area contributed by atoms with Gasteiger partial charge in [0.2, 0.25) is 5.91 Å². The Morgan fingerprint density at radius 1 is 1.24 bits per heavy atom. The number of hydrogen-bond acceptors (Lipinski definition) is 6. The first-order valence-electron chi connectivity index (χ1n) is 10.8. The molecule has 9 heteroatoms. The third-order valence-electron chi connectivity index (χ3n) is 5.15. The van der Waals surface area contributed by atoms with E-state index in [0.29, 0.717) is 43.3 Å². The van der Waals surface area contributed by atoms with Crippen molar-refractivity contribution in [2.75, 3.05) is 46.0 Å². The fourth-order valence-electron chi connectivity index (χ4n) is 3.38. The Kier molecular flexibility index (Phi) is 9.52. The molecule has 1 N–H and O–H groups in total. The van der Waals surface area contributed by atoms with Gasteiger partial charge < -0.3 is 15.1 Å². The Labute approximate surface area is 208 Å². The highest BCUT2D eigenvalue weighted by molar-refractivity contribution is 8.18. The number of aliphatic imine (C=N–C) groups is 1. The van der Waals surface area contributed by atoms with Gasteiger partial charge >= 0.3 is 0 Å². The number of halogens is 1. The van der Waals surface area contributed by atoms with E-state index in [-0.39, 0.29) is 11.8 Å². The zero-order valence-corrected chi connectivity index (χ0v) is 21.5. The Bertz CT molecular complexity index is 1070. The molecule has 33 heavy (non-hydrogen) atoms. The van der Waals surface area contributed by atoms with Crippen molar-refractivity contribution in [1.29, 1.82) is 0 Å². The highest BCUT2D eigenvalue weighted by Crippen LogP contribution is 2.27. The van der Waals surface area contributed by atoms with E-state index in [9.17, 15) is 9.59 Å². The maximum absolute atomic E-state index is 12.9. The highest BCUT2D eigenvalue weighted by Gasteiger charge is 2.23. The predicted octanol–water partition coefficient (Wildman–Crippen LogP) is 4.49. The molecule has 6 nitrogen and oxygen atoms in total. The molecule has 0 saturated carbocycles. The number of nitrogens with one attached hydrogen (secondary N) is 1. The van der Waals surface area contributed by atoms with Crippen LogP contribution in [0.5, 0.6) is 0 Å². The number of carbonyl (C=O) groups excluding carboxylic acids is 2. The van der Waals surface area contributed by atoms with Crippen molar-refractivity contribution in [2.24, 2.45) is 4.99 Å². The van der Waals surface area contributed by atoms with Crippen LogP contribution in [0, 0.1) is 0 Å². The summed E-state index contributed by atoms with van der Waals surface area (Å²) in [5.74, 6) is 0.652. The zero-order chi connectivity index (χ0) is 23.8. The topological polar surface area (TPSA) is 65.0 Å². The van der Waals surface area contributed by atoms with Crippen LogP contribution >= 0.6 is 35.1 Å². The molecule has 0 saturated heterocycles. The van der Waals surface area contributed by atoms with Gasteiger partial charge in [0, 0.05) is 62.0 Å².